The maximum absolute atomic E-state index is 10.1. The van der Waals surface area contributed by atoms with Crippen LogP contribution in [0.5, 0.6) is 5.75 Å². The van der Waals surface area contributed by atoms with Gasteiger partial charge in [-0.1, -0.05) is 11.6 Å². The SMILES string of the molecule is Cc1ccc(O)c(C(O)c2ccc(CO)o2)c1. The van der Waals surface area contributed by atoms with E-state index in [9.17, 15) is 10.2 Å². The maximum atomic E-state index is 10.1. The molecule has 0 bridgehead atoms. The van der Waals surface area contributed by atoms with Crippen LogP contribution >= 0.6 is 0 Å². The van der Waals surface area contributed by atoms with Gasteiger partial charge < -0.3 is 19.7 Å². The number of rotatable bonds is 3. The summed E-state index contributed by atoms with van der Waals surface area (Å²) in [4.78, 5) is 0. The lowest BCUT2D eigenvalue weighted by molar-refractivity contribution is 0.173. The first-order chi connectivity index (χ1) is 8.11. The molecule has 0 fully saturated rings. The molecule has 90 valence electrons. The number of aryl methyl sites for hydroxylation is 1. The summed E-state index contributed by atoms with van der Waals surface area (Å²) in [6.45, 7) is 1.66. The van der Waals surface area contributed by atoms with Gasteiger partial charge in [-0.2, -0.15) is 0 Å². The Morgan fingerprint density at radius 1 is 1.24 bits per heavy atom. The Kier molecular flexibility index (Phi) is 3.17. The minimum atomic E-state index is -1.03. The van der Waals surface area contributed by atoms with Crippen molar-refractivity contribution in [1.82, 2.24) is 0 Å². The fourth-order valence-corrected chi connectivity index (χ4v) is 1.67. The van der Waals surface area contributed by atoms with Crippen molar-refractivity contribution < 1.29 is 19.7 Å². The quantitative estimate of drug-likeness (QED) is 0.758. The van der Waals surface area contributed by atoms with Crippen molar-refractivity contribution in [3.05, 3.63) is 53.0 Å². The maximum Gasteiger partial charge on any atom is 0.140 e. The van der Waals surface area contributed by atoms with Crippen LogP contribution in [0.25, 0.3) is 0 Å². The van der Waals surface area contributed by atoms with Gasteiger partial charge in [0, 0.05) is 5.56 Å². The van der Waals surface area contributed by atoms with Crippen LogP contribution in [0.2, 0.25) is 0 Å². The summed E-state index contributed by atoms with van der Waals surface area (Å²) in [5.74, 6) is 0.700. The summed E-state index contributed by atoms with van der Waals surface area (Å²) < 4.78 is 5.23. The number of aliphatic hydroxyl groups is 2. The summed E-state index contributed by atoms with van der Waals surface area (Å²) in [6, 6.07) is 8.15. The molecule has 1 atom stereocenters. The highest BCUT2D eigenvalue weighted by molar-refractivity contribution is 5.40. The van der Waals surface area contributed by atoms with E-state index < -0.39 is 6.10 Å². The van der Waals surface area contributed by atoms with Crippen molar-refractivity contribution in [2.45, 2.75) is 19.6 Å². The molecule has 0 saturated carbocycles. The van der Waals surface area contributed by atoms with Crippen molar-refractivity contribution in [2.24, 2.45) is 0 Å². The Balaban J connectivity index is 2.35. The van der Waals surface area contributed by atoms with E-state index in [2.05, 4.69) is 0 Å². The van der Waals surface area contributed by atoms with Crippen LogP contribution in [0.15, 0.2) is 34.7 Å². The van der Waals surface area contributed by atoms with Gasteiger partial charge in [0.25, 0.3) is 0 Å². The van der Waals surface area contributed by atoms with E-state index in [1.54, 1.807) is 24.3 Å². The number of benzene rings is 1. The molecule has 0 aliphatic heterocycles. The minimum absolute atomic E-state index is 0.0186. The lowest BCUT2D eigenvalue weighted by Gasteiger charge is -2.11. The largest absolute Gasteiger partial charge is 0.508 e. The summed E-state index contributed by atoms with van der Waals surface area (Å²) in [5, 5.41) is 28.6. The van der Waals surface area contributed by atoms with Gasteiger partial charge in [0.05, 0.1) is 0 Å². The van der Waals surface area contributed by atoms with E-state index in [0.717, 1.165) is 5.56 Å². The van der Waals surface area contributed by atoms with Crippen LogP contribution in [-0.2, 0) is 6.61 Å². The summed E-state index contributed by atoms with van der Waals surface area (Å²) in [6.07, 6.45) is -1.03. The fraction of sp³-hybridized carbons (Fsp3) is 0.231. The highest BCUT2D eigenvalue weighted by atomic mass is 16.4. The number of phenolic OH excluding ortho intramolecular Hbond substituents is 1. The number of aliphatic hydroxyl groups excluding tert-OH is 2. The standard InChI is InChI=1S/C13H14O4/c1-8-2-4-11(15)10(6-8)13(16)12-5-3-9(7-14)17-12/h2-6,13-16H,7H2,1H3. The summed E-state index contributed by atoms with van der Waals surface area (Å²) in [5.41, 5.74) is 1.33. The zero-order valence-electron chi connectivity index (χ0n) is 9.42. The number of aromatic hydroxyl groups is 1. The van der Waals surface area contributed by atoms with E-state index >= 15 is 0 Å². The van der Waals surface area contributed by atoms with E-state index in [0.29, 0.717) is 17.1 Å². The molecule has 2 aromatic rings. The van der Waals surface area contributed by atoms with Crippen molar-refractivity contribution in [3.8, 4) is 5.75 Å². The van der Waals surface area contributed by atoms with Gasteiger partial charge in [0.1, 0.15) is 30.0 Å². The van der Waals surface area contributed by atoms with Crippen LogP contribution in [0.1, 0.15) is 28.8 Å². The summed E-state index contributed by atoms with van der Waals surface area (Å²) >= 11 is 0. The first-order valence-corrected chi connectivity index (χ1v) is 5.29. The van der Waals surface area contributed by atoms with Crippen LogP contribution in [0.3, 0.4) is 0 Å². The normalized spacial score (nSPS) is 12.6. The highest BCUT2D eigenvalue weighted by Crippen LogP contribution is 2.30. The van der Waals surface area contributed by atoms with Crippen LogP contribution in [0, 0.1) is 6.92 Å². The average Bonchev–Trinajstić information content (AvgIpc) is 2.80. The van der Waals surface area contributed by atoms with E-state index in [-0.39, 0.29) is 12.4 Å². The zero-order valence-corrected chi connectivity index (χ0v) is 9.42. The van der Waals surface area contributed by atoms with E-state index in [4.69, 9.17) is 9.52 Å². The molecule has 3 N–H and O–H groups in total. The average molecular weight is 234 g/mol. The third-order valence-corrected chi connectivity index (χ3v) is 2.59. The Morgan fingerprint density at radius 2 is 2.00 bits per heavy atom. The minimum Gasteiger partial charge on any atom is -0.508 e. The number of furan rings is 1. The molecule has 0 aliphatic carbocycles. The molecule has 0 aliphatic rings. The van der Waals surface area contributed by atoms with Gasteiger partial charge >= 0.3 is 0 Å². The predicted molar refractivity (Wildman–Crippen MR) is 61.5 cm³/mol. The van der Waals surface area contributed by atoms with Gasteiger partial charge in [-0.15, -0.1) is 0 Å². The van der Waals surface area contributed by atoms with Crippen LogP contribution in [-0.4, -0.2) is 15.3 Å². The predicted octanol–water partition coefficient (Wildman–Crippen LogP) is 1.87. The topological polar surface area (TPSA) is 73.8 Å². The molecule has 0 spiro atoms. The third-order valence-electron chi connectivity index (χ3n) is 2.59. The number of hydrogen-bond donors (Lipinski definition) is 3. The lowest BCUT2D eigenvalue weighted by atomic mass is 10.0. The third kappa shape index (κ3) is 2.33. The molecule has 4 heteroatoms. The van der Waals surface area contributed by atoms with Gasteiger partial charge in [0.2, 0.25) is 0 Å². The Bertz CT molecular complexity index is 516. The first-order valence-electron chi connectivity index (χ1n) is 5.29. The van der Waals surface area contributed by atoms with Crippen molar-refractivity contribution in [1.29, 1.82) is 0 Å². The molecule has 1 aromatic heterocycles. The molecule has 1 aromatic carbocycles. The van der Waals surface area contributed by atoms with Gasteiger partial charge in [-0.05, 0) is 31.2 Å². The summed E-state index contributed by atoms with van der Waals surface area (Å²) in [7, 11) is 0. The molecule has 1 unspecified atom stereocenters. The zero-order chi connectivity index (χ0) is 12.4. The molecule has 2 rings (SSSR count). The Morgan fingerprint density at radius 3 is 2.65 bits per heavy atom. The molecule has 0 saturated heterocycles. The highest BCUT2D eigenvalue weighted by Gasteiger charge is 2.18. The van der Waals surface area contributed by atoms with Gasteiger partial charge in [-0.3, -0.25) is 0 Å². The lowest BCUT2D eigenvalue weighted by Crippen LogP contribution is -1.99. The number of hydrogen-bond acceptors (Lipinski definition) is 4. The smallest absolute Gasteiger partial charge is 0.140 e. The molecular formula is C13H14O4. The van der Waals surface area contributed by atoms with Gasteiger partial charge in [-0.25, -0.2) is 0 Å². The van der Waals surface area contributed by atoms with E-state index in [1.165, 1.54) is 6.07 Å². The molecule has 4 nitrogen and oxygen atoms in total. The number of phenols is 1. The van der Waals surface area contributed by atoms with Crippen molar-refractivity contribution >= 4 is 0 Å². The van der Waals surface area contributed by atoms with Crippen molar-refractivity contribution in [3.63, 3.8) is 0 Å². The molecule has 0 amide bonds. The first kappa shape index (κ1) is 11.7. The Labute approximate surface area is 98.8 Å². The molecule has 17 heavy (non-hydrogen) atoms. The second kappa shape index (κ2) is 4.61. The molecule has 1 heterocycles. The monoisotopic (exact) mass is 234 g/mol. The van der Waals surface area contributed by atoms with Crippen LogP contribution in [0.4, 0.5) is 0 Å². The van der Waals surface area contributed by atoms with Gasteiger partial charge in [0.15, 0.2) is 0 Å². The second-order valence-electron chi connectivity index (χ2n) is 3.93. The second-order valence-corrected chi connectivity index (χ2v) is 3.93. The molecule has 0 radical (unpaired) electrons. The van der Waals surface area contributed by atoms with E-state index in [1.807, 2.05) is 6.92 Å². The van der Waals surface area contributed by atoms with Crippen LogP contribution < -0.4 is 0 Å². The molecular weight excluding hydrogens is 220 g/mol. The van der Waals surface area contributed by atoms with Crippen molar-refractivity contribution in [2.75, 3.05) is 0 Å². The fourth-order valence-electron chi connectivity index (χ4n) is 1.67. The Hall–Kier alpha value is -1.78.